The van der Waals surface area contributed by atoms with Gasteiger partial charge in [0.25, 0.3) is 10.0 Å². The molecule has 8 heteroatoms. The van der Waals surface area contributed by atoms with E-state index in [1.165, 1.54) is 30.6 Å². The van der Waals surface area contributed by atoms with E-state index in [4.69, 9.17) is 4.74 Å². The Hall–Kier alpha value is -3.13. The normalized spacial score (nSPS) is 11.8. The predicted octanol–water partition coefficient (Wildman–Crippen LogP) is 3.32. The van der Waals surface area contributed by atoms with Gasteiger partial charge in [0.15, 0.2) is 11.4 Å². The zero-order valence-corrected chi connectivity index (χ0v) is 17.4. The molecular formula is C21H23N3O4S. The van der Waals surface area contributed by atoms with E-state index in [9.17, 15) is 13.2 Å². The molecule has 3 aromatic rings. The molecule has 0 atom stereocenters. The number of rotatable bonds is 8. The third-order valence-corrected chi connectivity index (χ3v) is 5.83. The summed E-state index contributed by atoms with van der Waals surface area (Å²) in [4.78, 5) is 19.0. The van der Waals surface area contributed by atoms with Crippen molar-refractivity contribution in [3.05, 3.63) is 66.6 Å². The van der Waals surface area contributed by atoms with Crippen molar-refractivity contribution in [2.24, 2.45) is 0 Å². The zero-order chi connectivity index (χ0) is 21.0. The second-order valence-electron chi connectivity index (χ2n) is 6.66. The van der Waals surface area contributed by atoms with Crippen LogP contribution in [0.15, 0.2) is 66.0 Å². The van der Waals surface area contributed by atoms with Crippen molar-refractivity contribution in [3.63, 3.8) is 0 Å². The van der Waals surface area contributed by atoms with Crippen molar-refractivity contribution in [3.8, 4) is 5.75 Å². The molecule has 0 saturated heterocycles. The number of fused-ring (bicyclic) bond motifs is 1. The van der Waals surface area contributed by atoms with Crippen LogP contribution in [-0.4, -0.2) is 48.8 Å². The Morgan fingerprint density at radius 1 is 1.21 bits per heavy atom. The summed E-state index contributed by atoms with van der Waals surface area (Å²) < 4.78 is 33.3. The molecule has 0 aliphatic carbocycles. The molecule has 2 aromatic heterocycles. The summed E-state index contributed by atoms with van der Waals surface area (Å²) in [6.45, 7) is 2.41. The number of hydrogen-bond acceptors (Lipinski definition) is 6. The van der Waals surface area contributed by atoms with Gasteiger partial charge in [-0.1, -0.05) is 25.1 Å². The standard InChI is InChI=1S/C21H23N3O4S/c1-4-14-28-19-10-12-22-21-20(19)17(18(25)11-13-23(2)3)15-24(21)29(26,27)16-8-6-5-7-9-16/h5-13,15H,4,14H2,1-3H3/b13-11+. The number of ether oxygens (including phenoxy) is 1. The number of nitrogens with zero attached hydrogens (tertiary/aromatic N) is 3. The Kier molecular flexibility index (Phi) is 6.03. The van der Waals surface area contributed by atoms with Gasteiger partial charge in [0.05, 0.1) is 22.5 Å². The Balaban J connectivity index is 2.26. The van der Waals surface area contributed by atoms with Gasteiger partial charge in [0, 0.05) is 38.8 Å². The fourth-order valence-electron chi connectivity index (χ4n) is 2.81. The van der Waals surface area contributed by atoms with Gasteiger partial charge in [0.2, 0.25) is 0 Å². The fraction of sp³-hybridized carbons (Fsp3) is 0.238. The summed E-state index contributed by atoms with van der Waals surface area (Å²) in [5.74, 6) is 0.0977. The third-order valence-electron chi connectivity index (χ3n) is 4.17. The Bertz CT molecular complexity index is 1150. The maximum Gasteiger partial charge on any atom is 0.269 e. The second-order valence-corrected chi connectivity index (χ2v) is 8.47. The lowest BCUT2D eigenvalue weighted by Crippen LogP contribution is -2.12. The summed E-state index contributed by atoms with van der Waals surface area (Å²) >= 11 is 0. The number of carbonyl (C=O) groups is 1. The molecular weight excluding hydrogens is 390 g/mol. The highest BCUT2D eigenvalue weighted by molar-refractivity contribution is 7.90. The second kappa shape index (κ2) is 8.48. The van der Waals surface area contributed by atoms with E-state index in [1.807, 2.05) is 6.92 Å². The van der Waals surface area contributed by atoms with Crippen LogP contribution in [0.4, 0.5) is 0 Å². The van der Waals surface area contributed by atoms with Gasteiger partial charge >= 0.3 is 0 Å². The molecule has 0 aliphatic heterocycles. The molecule has 0 unspecified atom stereocenters. The summed E-state index contributed by atoms with van der Waals surface area (Å²) in [5.41, 5.74) is 0.376. The van der Waals surface area contributed by atoms with Gasteiger partial charge in [-0.25, -0.2) is 17.4 Å². The first kappa shape index (κ1) is 20.6. The molecule has 152 valence electrons. The minimum atomic E-state index is -3.93. The van der Waals surface area contributed by atoms with E-state index < -0.39 is 10.0 Å². The molecule has 3 rings (SSSR count). The van der Waals surface area contributed by atoms with Gasteiger partial charge in [-0.15, -0.1) is 0 Å². The van der Waals surface area contributed by atoms with Gasteiger partial charge in [0.1, 0.15) is 5.75 Å². The smallest absolute Gasteiger partial charge is 0.269 e. The van der Waals surface area contributed by atoms with Crippen LogP contribution in [0.2, 0.25) is 0 Å². The largest absolute Gasteiger partial charge is 0.493 e. The van der Waals surface area contributed by atoms with Crippen molar-refractivity contribution >= 4 is 26.8 Å². The lowest BCUT2D eigenvalue weighted by atomic mass is 10.1. The van der Waals surface area contributed by atoms with Crippen molar-refractivity contribution in [2.45, 2.75) is 18.2 Å². The summed E-state index contributed by atoms with van der Waals surface area (Å²) in [5, 5.41) is 0.383. The summed E-state index contributed by atoms with van der Waals surface area (Å²) in [6.07, 6.45) is 6.58. The molecule has 0 radical (unpaired) electrons. The summed E-state index contributed by atoms with van der Waals surface area (Å²) in [6, 6.07) is 9.69. The minimum Gasteiger partial charge on any atom is -0.493 e. The monoisotopic (exact) mass is 413 g/mol. The number of aromatic nitrogens is 2. The SMILES string of the molecule is CCCOc1ccnc2c1c(C(=O)/C=C/N(C)C)cn2S(=O)(=O)c1ccccc1. The van der Waals surface area contributed by atoms with Crippen molar-refractivity contribution < 1.29 is 17.9 Å². The van der Waals surface area contributed by atoms with E-state index >= 15 is 0 Å². The topological polar surface area (TPSA) is 81.5 Å². The highest BCUT2D eigenvalue weighted by Gasteiger charge is 2.26. The Labute approximate surface area is 170 Å². The van der Waals surface area contributed by atoms with E-state index in [1.54, 1.807) is 49.5 Å². The Morgan fingerprint density at radius 2 is 1.93 bits per heavy atom. The molecule has 2 heterocycles. The van der Waals surface area contributed by atoms with E-state index in [2.05, 4.69) is 4.98 Å². The summed E-state index contributed by atoms with van der Waals surface area (Å²) in [7, 11) is -0.343. The maximum absolute atomic E-state index is 13.2. The number of allylic oxidation sites excluding steroid dienone is 1. The quantitative estimate of drug-likeness (QED) is 0.416. The number of benzene rings is 1. The first-order chi connectivity index (χ1) is 13.9. The third kappa shape index (κ3) is 4.17. The maximum atomic E-state index is 13.2. The molecule has 29 heavy (non-hydrogen) atoms. The van der Waals surface area contributed by atoms with Crippen LogP contribution in [0.1, 0.15) is 23.7 Å². The van der Waals surface area contributed by atoms with Crippen LogP contribution in [0.3, 0.4) is 0 Å². The first-order valence-electron chi connectivity index (χ1n) is 9.18. The van der Waals surface area contributed by atoms with Gasteiger partial charge < -0.3 is 9.64 Å². The fourth-order valence-corrected chi connectivity index (χ4v) is 4.15. The van der Waals surface area contributed by atoms with Crippen molar-refractivity contribution in [1.82, 2.24) is 13.9 Å². The van der Waals surface area contributed by atoms with Crippen LogP contribution in [0.5, 0.6) is 5.75 Å². The molecule has 0 amide bonds. The Morgan fingerprint density at radius 3 is 2.59 bits per heavy atom. The van der Waals surface area contributed by atoms with E-state index in [0.29, 0.717) is 17.7 Å². The van der Waals surface area contributed by atoms with Gasteiger partial charge in [-0.05, 0) is 24.6 Å². The number of hydrogen-bond donors (Lipinski definition) is 0. The average molecular weight is 413 g/mol. The average Bonchev–Trinajstić information content (AvgIpc) is 3.12. The molecule has 0 N–H and O–H groups in total. The number of pyridine rings is 1. The number of ketones is 1. The zero-order valence-electron chi connectivity index (χ0n) is 16.6. The molecule has 7 nitrogen and oxygen atoms in total. The molecule has 0 saturated carbocycles. The molecule has 0 fully saturated rings. The van der Waals surface area contributed by atoms with Crippen LogP contribution < -0.4 is 4.74 Å². The van der Waals surface area contributed by atoms with Crippen LogP contribution >= 0.6 is 0 Å². The molecule has 0 aliphatic rings. The molecule has 0 spiro atoms. The first-order valence-corrected chi connectivity index (χ1v) is 10.6. The molecule has 1 aromatic carbocycles. The van der Waals surface area contributed by atoms with E-state index in [-0.39, 0.29) is 21.9 Å². The lowest BCUT2D eigenvalue weighted by Gasteiger charge is -2.08. The lowest BCUT2D eigenvalue weighted by molar-refractivity contribution is 0.104. The molecule has 0 bridgehead atoms. The van der Waals surface area contributed by atoms with E-state index in [0.717, 1.165) is 10.4 Å². The van der Waals surface area contributed by atoms with Crippen LogP contribution in [-0.2, 0) is 10.0 Å². The highest BCUT2D eigenvalue weighted by atomic mass is 32.2. The van der Waals surface area contributed by atoms with Gasteiger partial charge in [-0.3, -0.25) is 4.79 Å². The van der Waals surface area contributed by atoms with Crippen LogP contribution in [0, 0.1) is 0 Å². The van der Waals surface area contributed by atoms with Crippen molar-refractivity contribution in [1.29, 1.82) is 0 Å². The predicted molar refractivity (Wildman–Crippen MR) is 112 cm³/mol. The van der Waals surface area contributed by atoms with Crippen LogP contribution in [0.25, 0.3) is 11.0 Å². The van der Waals surface area contributed by atoms with Gasteiger partial charge in [-0.2, -0.15) is 0 Å². The number of carbonyl (C=O) groups excluding carboxylic acids is 1. The minimum absolute atomic E-state index is 0.112. The highest BCUT2D eigenvalue weighted by Crippen LogP contribution is 2.32. The van der Waals surface area contributed by atoms with Crippen molar-refractivity contribution in [2.75, 3.05) is 20.7 Å².